The number of aromatic hydroxyl groups is 1. The molecule has 1 N–H and O–H groups in total. The monoisotopic (exact) mass is 277 g/mol. The van der Waals surface area contributed by atoms with Crippen LogP contribution < -0.4 is 4.74 Å². The number of benzene rings is 2. The molecule has 1 heterocycles. The summed E-state index contributed by atoms with van der Waals surface area (Å²) in [5.41, 5.74) is 4.20. The Balaban J connectivity index is 2.21. The smallest absolute Gasteiger partial charge is 0.130 e. The number of hydrogen-bond acceptors (Lipinski definition) is 3. The molecule has 0 amide bonds. The molecule has 0 radical (unpaired) electrons. The summed E-state index contributed by atoms with van der Waals surface area (Å²) in [6, 6.07) is 17.2. The van der Waals surface area contributed by atoms with Crippen LogP contribution in [0.15, 0.2) is 67.0 Å². The number of phenolic OH excluding ortho intramolecular Hbond substituents is 1. The minimum absolute atomic E-state index is 0.192. The van der Waals surface area contributed by atoms with E-state index in [-0.39, 0.29) is 5.75 Å². The highest BCUT2D eigenvalue weighted by Crippen LogP contribution is 2.38. The van der Waals surface area contributed by atoms with Crippen molar-refractivity contribution in [1.82, 2.24) is 4.98 Å². The molecule has 0 fully saturated rings. The van der Waals surface area contributed by atoms with E-state index < -0.39 is 0 Å². The highest BCUT2D eigenvalue weighted by atomic mass is 16.5. The molecule has 0 atom stereocenters. The fraction of sp³-hybridized carbons (Fsp3) is 0.0556. The number of nitrogens with zero attached hydrogens (tertiary/aromatic N) is 1. The predicted octanol–water partition coefficient (Wildman–Crippen LogP) is 4.13. The van der Waals surface area contributed by atoms with Crippen molar-refractivity contribution in [2.24, 2.45) is 0 Å². The van der Waals surface area contributed by atoms with Crippen molar-refractivity contribution in [1.29, 1.82) is 0 Å². The Morgan fingerprint density at radius 3 is 2.29 bits per heavy atom. The maximum absolute atomic E-state index is 9.61. The number of phenols is 1. The first kappa shape index (κ1) is 13.2. The second kappa shape index (κ2) is 5.67. The van der Waals surface area contributed by atoms with Crippen molar-refractivity contribution >= 4 is 0 Å². The van der Waals surface area contributed by atoms with Gasteiger partial charge in [0.05, 0.1) is 7.11 Å². The van der Waals surface area contributed by atoms with Crippen molar-refractivity contribution in [3.8, 4) is 33.8 Å². The van der Waals surface area contributed by atoms with Crippen LogP contribution in [0.4, 0.5) is 0 Å². The third-order valence-corrected chi connectivity index (χ3v) is 3.39. The molecule has 0 bridgehead atoms. The lowest BCUT2D eigenvalue weighted by Crippen LogP contribution is -1.90. The molecule has 104 valence electrons. The first-order valence-corrected chi connectivity index (χ1v) is 6.66. The maximum Gasteiger partial charge on any atom is 0.130 e. The molecule has 0 unspecified atom stereocenters. The summed E-state index contributed by atoms with van der Waals surface area (Å²) < 4.78 is 5.40. The molecular formula is C18H15NO2. The highest BCUT2D eigenvalue weighted by molar-refractivity contribution is 5.86. The molecule has 3 rings (SSSR count). The van der Waals surface area contributed by atoms with E-state index in [1.54, 1.807) is 31.6 Å². The maximum atomic E-state index is 9.61. The van der Waals surface area contributed by atoms with E-state index in [2.05, 4.69) is 11.1 Å². The Hall–Kier alpha value is -2.81. The average molecular weight is 277 g/mol. The van der Waals surface area contributed by atoms with Crippen LogP contribution in [-0.2, 0) is 0 Å². The van der Waals surface area contributed by atoms with Gasteiger partial charge in [0.15, 0.2) is 0 Å². The Kier molecular flexibility index (Phi) is 3.56. The fourth-order valence-corrected chi connectivity index (χ4v) is 2.40. The van der Waals surface area contributed by atoms with Gasteiger partial charge in [-0.15, -0.1) is 0 Å². The highest BCUT2D eigenvalue weighted by Gasteiger charge is 2.11. The van der Waals surface area contributed by atoms with Crippen LogP contribution >= 0.6 is 0 Å². The molecule has 2 aromatic carbocycles. The molecular weight excluding hydrogens is 262 g/mol. The number of rotatable bonds is 3. The van der Waals surface area contributed by atoms with Gasteiger partial charge in [-0.2, -0.15) is 0 Å². The van der Waals surface area contributed by atoms with Gasteiger partial charge in [-0.25, -0.2) is 0 Å². The Labute approximate surface area is 123 Å². The van der Waals surface area contributed by atoms with Crippen molar-refractivity contribution in [2.75, 3.05) is 7.11 Å². The second-order valence-electron chi connectivity index (χ2n) is 4.67. The summed E-state index contributed by atoms with van der Waals surface area (Å²) in [7, 11) is 1.60. The molecule has 3 nitrogen and oxygen atoms in total. The summed E-state index contributed by atoms with van der Waals surface area (Å²) >= 11 is 0. The van der Waals surface area contributed by atoms with Gasteiger partial charge in [-0.1, -0.05) is 24.3 Å². The Bertz CT molecular complexity index is 754. The molecule has 0 aliphatic heterocycles. The third-order valence-electron chi connectivity index (χ3n) is 3.39. The van der Waals surface area contributed by atoms with Gasteiger partial charge in [0.1, 0.15) is 11.5 Å². The first-order valence-electron chi connectivity index (χ1n) is 6.66. The summed E-state index contributed by atoms with van der Waals surface area (Å²) in [5.74, 6) is 0.841. The molecule has 1 aromatic heterocycles. The van der Waals surface area contributed by atoms with Gasteiger partial charge >= 0.3 is 0 Å². The number of hydrogen-bond donors (Lipinski definition) is 1. The molecule has 21 heavy (non-hydrogen) atoms. The molecule has 0 aliphatic rings. The van der Waals surface area contributed by atoms with E-state index >= 15 is 0 Å². The minimum Gasteiger partial charge on any atom is -0.508 e. The number of methoxy groups -OCH3 is 1. The van der Waals surface area contributed by atoms with E-state index in [1.807, 2.05) is 36.4 Å². The largest absolute Gasteiger partial charge is 0.508 e. The minimum atomic E-state index is 0.192. The van der Waals surface area contributed by atoms with E-state index in [1.165, 1.54) is 0 Å². The van der Waals surface area contributed by atoms with E-state index in [0.29, 0.717) is 5.75 Å². The molecule has 3 heteroatoms. The van der Waals surface area contributed by atoms with Crippen molar-refractivity contribution < 1.29 is 9.84 Å². The van der Waals surface area contributed by atoms with Crippen LogP contribution in [0.25, 0.3) is 22.3 Å². The van der Waals surface area contributed by atoms with Gasteiger partial charge in [-0.05, 0) is 41.0 Å². The van der Waals surface area contributed by atoms with Crippen LogP contribution in [0, 0.1) is 0 Å². The SMILES string of the molecule is COc1cc(O)ccc1-c1ccccc1-c1ccncc1. The normalized spacial score (nSPS) is 10.3. The van der Waals surface area contributed by atoms with Gasteiger partial charge in [0.25, 0.3) is 0 Å². The first-order chi connectivity index (χ1) is 10.3. The van der Waals surface area contributed by atoms with Crippen molar-refractivity contribution in [3.05, 3.63) is 67.0 Å². The molecule has 0 aliphatic carbocycles. The average Bonchev–Trinajstić information content (AvgIpc) is 2.55. The number of aromatic nitrogens is 1. The predicted molar refractivity (Wildman–Crippen MR) is 83.3 cm³/mol. The number of pyridine rings is 1. The van der Waals surface area contributed by atoms with Gasteiger partial charge in [0.2, 0.25) is 0 Å². The van der Waals surface area contributed by atoms with Crippen molar-refractivity contribution in [3.63, 3.8) is 0 Å². The van der Waals surface area contributed by atoms with Crippen LogP contribution in [0.5, 0.6) is 11.5 Å². The summed E-state index contributed by atoms with van der Waals surface area (Å²) in [5, 5.41) is 9.61. The zero-order valence-corrected chi connectivity index (χ0v) is 11.7. The topological polar surface area (TPSA) is 42.4 Å². The standard InChI is InChI=1S/C18H15NO2/c1-21-18-12-14(20)6-7-17(18)16-5-3-2-4-15(16)13-8-10-19-11-9-13/h2-12,20H,1H3. The summed E-state index contributed by atoms with van der Waals surface area (Å²) in [4.78, 5) is 4.06. The van der Waals surface area contributed by atoms with Crippen molar-refractivity contribution in [2.45, 2.75) is 0 Å². The second-order valence-corrected chi connectivity index (χ2v) is 4.67. The van der Waals surface area contributed by atoms with Crippen LogP contribution in [-0.4, -0.2) is 17.2 Å². The lowest BCUT2D eigenvalue weighted by Gasteiger charge is -2.13. The summed E-state index contributed by atoms with van der Waals surface area (Å²) in [6.45, 7) is 0. The van der Waals surface area contributed by atoms with Gasteiger partial charge in [-0.3, -0.25) is 4.98 Å². The van der Waals surface area contributed by atoms with E-state index in [4.69, 9.17) is 4.74 Å². The fourth-order valence-electron chi connectivity index (χ4n) is 2.40. The molecule has 0 spiro atoms. The molecule has 3 aromatic rings. The van der Waals surface area contributed by atoms with Crippen LogP contribution in [0.1, 0.15) is 0 Å². The van der Waals surface area contributed by atoms with E-state index in [0.717, 1.165) is 22.3 Å². The third kappa shape index (κ3) is 2.58. The number of ether oxygens (including phenoxy) is 1. The zero-order valence-electron chi connectivity index (χ0n) is 11.7. The lowest BCUT2D eigenvalue weighted by atomic mass is 9.94. The Morgan fingerprint density at radius 2 is 1.57 bits per heavy atom. The van der Waals surface area contributed by atoms with Crippen LogP contribution in [0.3, 0.4) is 0 Å². The Morgan fingerprint density at radius 1 is 0.857 bits per heavy atom. The van der Waals surface area contributed by atoms with Crippen LogP contribution in [0.2, 0.25) is 0 Å². The van der Waals surface area contributed by atoms with Gasteiger partial charge in [0, 0.05) is 24.0 Å². The molecule has 0 saturated carbocycles. The lowest BCUT2D eigenvalue weighted by molar-refractivity contribution is 0.409. The van der Waals surface area contributed by atoms with Gasteiger partial charge < -0.3 is 9.84 Å². The van der Waals surface area contributed by atoms with E-state index in [9.17, 15) is 5.11 Å². The quantitative estimate of drug-likeness (QED) is 0.782. The summed E-state index contributed by atoms with van der Waals surface area (Å²) in [6.07, 6.45) is 3.56. The zero-order chi connectivity index (χ0) is 14.7. The molecule has 0 saturated heterocycles.